The van der Waals surface area contributed by atoms with Gasteiger partial charge in [0.25, 0.3) is 0 Å². The van der Waals surface area contributed by atoms with E-state index < -0.39 is 7.82 Å². The Bertz CT molecular complexity index is 259. The zero-order valence-corrected chi connectivity index (χ0v) is 10.1. The van der Waals surface area contributed by atoms with Crippen molar-refractivity contribution >= 4 is 7.82 Å². The number of rotatable bonds is 7. The topological polar surface area (TPSA) is 102 Å². The van der Waals surface area contributed by atoms with Crippen LogP contribution in [0.4, 0.5) is 0 Å². The van der Waals surface area contributed by atoms with Gasteiger partial charge in [0.15, 0.2) is 0 Å². The molecule has 0 aromatic carbocycles. The van der Waals surface area contributed by atoms with Gasteiger partial charge in [0.1, 0.15) is 0 Å². The Morgan fingerprint density at radius 3 is 2.62 bits per heavy atom. The molecule has 1 saturated heterocycles. The van der Waals surface area contributed by atoms with Gasteiger partial charge in [-0.05, 0) is 6.42 Å². The predicted molar refractivity (Wildman–Crippen MR) is 57.4 cm³/mol. The minimum absolute atomic E-state index is 0.0177. The maximum Gasteiger partial charge on any atom is 0.469 e. The number of aliphatic hydroxyl groups is 1. The lowest BCUT2D eigenvalue weighted by Gasteiger charge is -2.48. The first-order valence-corrected chi connectivity index (χ1v) is 6.83. The van der Waals surface area contributed by atoms with Gasteiger partial charge in [0.05, 0.1) is 25.5 Å². The Morgan fingerprint density at radius 2 is 2.12 bits per heavy atom. The van der Waals surface area contributed by atoms with Crippen molar-refractivity contribution in [1.29, 1.82) is 0 Å². The average molecular weight is 254 g/mol. The van der Waals surface area contributed by atoms with Crippen LogP contribution < -0.4 is 5.32 Å². The first-order chi connectivity index (χ1) is 7.48. The maximum absolute atomic E-state index is 10.5. The van der Waals surface area contributed by atoms with E-state index in [4.69, 9.17) is 14.9 Å². The van der Waals surface area contributed by atoms with E-state index in [0.29, 0.717) is 0 Å². The van der Waals surface area contributed by atoms with E-state index in [2.05, 4.69) is 16.8 Å². The zero-order chi connectivity index (χ0) is 12.2. The number of phosphoric acid groups is 1. The highest BCUT2D eigenvalue weighted by Gasteiger charge is 2.37. The van der Waals surface area contributed by atoms with Crippen LogP contribution in [0.2, 0.25) is 0 Å². The van der Waals surface area contributed by atoms with Crippen molar-refractivity contribution in [2.45, 2.75) is 32.1 Å². The lowest BCUT2D eigenvalue weighted by molar-refractivity contribution is -0.0754. The van der Waals surface area contributed by atoms with Gasteiger partial charge in [0, 0.05) is 6.54 Å². The second-order valence-corrected chi connectivity index (χ2v) is 5.00. The summed E-state index contributed by atoms with van der Waals surface area (Å²) in [6.07, 6.45) is 1.65. The second-order valence-electron chi connectivity index (χ2n) is 3.76. The predicted octanol–water partition coefficient (Wildman–Crippen LogP) is -0.554. The van der Waals surface area contributed by atoms with Crippen molar-refractivity contribution in [2.75, 3.05) is 19.8 Å². The molecule has 16 heavy (non-hydrogen) atoms. The number of phosphoric ester groups is 1. The highest BCUT2D eigenvalue weighted by atomic mass is 31.2. The molecule has 4 N–H and O–H groups in total. The molecule has 0 aliphatic carbocycles. The van der Waals surface area contributed by atoms with Crippen molar-refractivity contribution in [3.05, 3.63) is 0 Å². The molecule has 0 bridgehead atoms. The fourth-order valence-electron chi connectivity index (χ4n) is 1.67. The molecule has 1 rings (SSSR count). The van der Waals surface area contributed by atoms with Gasteiger partial charge in [0.2, 0.25) is 0 Å². The van der Waals surface area contributed by atoms with E-state index in [1.807, 2.05) is 4.90 Å². The van der Waals surface area contributed by atoms with Crippen LogP contribution in [0.5, 0.6) is 0 Å². The van der Waals surface area contributed by atoms with E-state index in [-0.39, 0.29) is 25.5 Å². The number of hydrogen-bond acceptors (Lipinski definition) is 5. The summed E-state index contributed by atoms with van der Waals surface area (Å²) >= 11 is 0. The summed E-state index contributed by atoms with van der Waals surface area (Å²) in [6.45, 7) is 2.74. The van der Waals surface area contributed by atoms with Gasteiger partial charge in [-0.25, -0.2) is 4.57 Å². The minimum atomic E-state index is -4.41. The molecule has 2 atom stereocenters. The quantitative estimate of drug-likeness (QED) is 0.452. The van der Waals surface area contributed by atoms with Crippen molar-refractivity contribution in [2.24, 2.45) is 0 Å². The van der Waals surface area contributed by atoms with Gasteiger partial charge in [-0.3, -0.25) is 14.7 Å². The third kappa shape index (κ3) is 4.10. The lowest BCUT2D eigenvalue weighted by Crippen LogP contribution is -2.72. The summed E-state index contributed by atoms with van der Waals surface area (Å²) in [5.74, 6) is 0. The average Bonchev–Trinajstić information content (AvgIpc) is 2.15. The lowest BCUT2D eigenvalue weighted by atomic mass is 10.2. The summed E-state index contributed by atoms with van der Waals surface area (Å²) in [4.78, 5) is 19.1. The van der Waals surface area contributed by atoms with Crippen LogP contribution in [0, 0.1) is 0 Å². The van der Waals surface area contributed by atoms with Crippen LogP contribution in [0.3, 0.4) is 0 Å². The third-order valence-corrected chi connectivity index (χ3v) is 3.01. The first-order valence-electron chi connectivity index (χ1n) is 5.30. The summed E-state index contributed by atoms with van der Waals surface area (Å²) in [5.41, 5.74) is 0. The summed E-state index contributed by atoms with van der Waals surface area (Å²) in [5, 5.41) is 12.0. The van der Waals surface area contributed by atoms with E-state index in [0.717, 1.165) is 19.4 Å². The van der Waals surface area contributed by atoms with Gasteiger partial charge in [-0.1, -0.05) is 13.3 Å². The molecule has 1 heterocycles. The molecule has 0 aromatic rings. The molecule has 0 spiro atoms. The van der Waals surface area contributed by atoms with Gasteiger partial charge in [-0.15, -0.1) is 0 Å². The molecule has 8 heteroatoms. The van der Waals surface area contributed by atoms with Crippen LogP contribution in [-0.2, 0) is 9.09 Å². The molecule has 0 aromatic heterocycles. The van der Waals surface area contributed by atoms with Crippen molar-refractivity contribution in [3.8, 4) is 0 Å². The van der Waals surface area contributed by atoms with E-state index >= 15 is 0 Å². The number of aliphatic hydroxyl groups excluding tert-OH is 1. The molecule has 0 radical (unpaired) electrons. The van der Waals surface area contributed by atoms with Crippen molar-refractivity contribution in [1.82, 2.24) is 10.2 Å². The van der Waals surface area contributed by atoms with Crippen molar-refractivity contribution in [3.63, 3.8) is 0 Å². The standard InChI is InChI=1S/C8H19N2O5P/c1-2-3-4-10-7(5-11)9-8(10)6-15-16(12,13)14/h7-9,11H,2-6H2,1H3,(H2,12,13,14). The highest BCUT2D eigenvalue weighted by Crippen LogP contribution is 2.36. The molecule has 2 unspecified atom stereocenters. The Labute approximate surface area is 94.6 Å². The van der Waals surface area contributed by atoms with Crippen LogP contribution in [0.25, 0.3) is 0 Å². The largest absolute Gasteiger partial charge is 0.469 e. The van der Waals surface area contributed by atoms with Gasteiger partial charge in [-0.2, -0.15) is 0 Å². The van der Waals surface area contributed by atoms with Crippen LogP contribution in [0.15, 0.2) is 0 Å². The zero-order valence-electron chi connectivity index (χ0n) is 9.24. The Kier molecular flexibility index (Phi) is 5.33. The normalized spacial score (nSPS) is 26.8. The fraction of sp³-hybridized carbons (Fsp3) is 1.00. The second kappa shape index (κ2) is 6.07. The highest BCUT2D eigenvalue weighted by molar-refractivity contribution is 7.46. The van der Waals surface area contributed by atoms with Crippen LogP contribution >= 0.6 is 7.82 Å². The molecule has 1 aliphatic heterocycles. The Balaban J connectivity index is 2.34. The SMILES string of the molecule is CCCCN1C(CO)NC1COP(=O)(O)O. The monoisotopic (exact) mass is 254 g/mol. The van der Waals surface area contributed by atoms with E-state index in [1.165, 1.54) is 0 Å². The Hall–Kier alpha value is -0.0100. The van der Waals surface area contributed by atoms with Crippen molar-refractivity contribution < 1.29 is 24.0 Å². The summed E-state index contributed by atoms with van der Waals surface area (Å²) in [7, 11) is -4.41. The van der Waals surface area contributed by atoms with Gasteiger partial charge >= 0.3 is 7.82 Å². The molecule has 1 aliphatic rings. The van der Waals surface area contributed by atoms with Gasteiger partial charge < -0.3 is 14.9 Å². The van der Waals surface area contributed by atoms with E-state index in [9.17, 15) is 4.57 Å². The summed E-state index contributed by atoms with van der Waals surface area (Å²) in [6, 6.07) is 0. The van der Waals surface area contributed by atoms with E-state index in [1.54, 1.807) is 0 Å². The molecule has 7 nitrogen and oxygen atoms in total. The number of nitrogens with zero attached hydrogens (tertiary/aromatic N) is 1. The molecular formula is C8H19N2O5P. The number of unbranched alkanes of at least 4 members (excludes halogenated alkanes) is 1. The molecule has 0 amide bonds. The smallest absolute Gasteiger partial charge is 0.393 e. The molecular weight excluding hydrogens is 235 g/mol. The Morgan fingerprint density at radius 1 is 1.44 bits per heavy atom. The molecule has 0 saturated carbocycles. The number of nitrogens with one attached hydrogen (secondary N) is 1. The fourth-order valence-corrected chi connectivity index (χ4v) is 2.01. The maximum atomic E-state index is 10.5. The third-order valence-electron chi connectivity index (χ3n) is 2.53. The molecule has 1 fully saturated rings. The summed E-state index contributed by atoms with van der Waals surface area (Å²) < 4.78 is 14.9. The van der Waals surface area contributed by atoms with Crippen LogP contribution in [0.1, 0.15) is 19.8 Å². The van der Waals surface area contributed by atoms with Crippen LogP contribution in [-0.4, -0.2) is 51.9 Å². The molecule has 96 valence electrons. The first kappa shape index (κ1) is 14.1. The minimum Gasteiger partial charge on any atom is -0.393 e. The number of hydrogen-bond donors (Lipinski definition) is 4.